The van der Waals surface area contributed by atoms with E-state index in [9.17, 15) is 9.18 Å². The molecule has 20 heavy (non-hydrogen) atoms. The van der Waals surface area contributed by atoms with Crippen molar-refractivity contribution in [1.82, 2.24) is 9.88 Å². The molecule has 4 heteroatoms. The average Bonchev–Trinajstić information content (AvgIpc) is 2.95. The molecule has 1 aliphatic heterocycles. The summed E-state index contributed by atoms with van der Waals surface area (Å²) in [5.41, 5.74) is 1.52. The van der Waals surface area contributed by atoms with Gasteiger partial charge in [0.05, 0.1) is 5.52 Å². The Bertz CT molecular complexity index is 687. The van der Waals surface area contributed by atoms with Crippen LogP contribution >= 0.6 is 0 Å². The molecule has 1 saturated heterocycles. The first-order valence-electron chi connectivity index (χ1n) is 7.24. The highest BCUT2D eigenvalue weighted by molar-refractivity contribution is 5.80. The minimum absolute atomic E-state index is 0.183. The predicted octanol–water partition coefficient (Wildman–Crippen LogP) is 2.83. The number of benzene rings is 1. The average molecular weight is 274 g/mol. The van der Waals surface area contributed by atoms with E-state index in [0.717, 1.165) is 18.5 Å². The minimum atomic E-state index is -0.283. The molecule has 0 unspecified atom stereocenters. The molecular weight excluding hydrogens is 255 g/mol. The second-order valence-corrected chi connectivity index (χ2v) is 5.46. The van der Waals surface area contributed by atoms with Crippen molar-refractivity contribution in [2.45, 2.75) is 32.7 Å². The number of aromatic nitrogens is 1. The molecular formula is C16H19FN2O. The van der Waals surface area contributed by atoms with Gasteiger partial charge in [-0.2, -0.15) is 0 Å². The number of fused-ring (bicyclic) bond motifs is 1. The highest BCUT2D eigenvalue weighted by Gasteiger charge is 2.16. The lowest BCUT2D eigenvalue weighted by molar-refractivity contribution is 0.326. The summed E-state index contributed by atoms with van der Waals surface area (Å²) in [6.07, 6.45) is 3.03. The lowest BCUT2D eigenvalue weighted by atomic mass is 10.1. The molecule has 106 valence electrons. The van der Waals surface area contributed by atoms with E-state index < -0.39 is 0 Å². The van der Waals surface area contributed by atoms with Gasteiger partial charge in [-0.1, -0.05) is 19.1 Å². The molecule has 1 aromatic carbocycles. The largest absolute Gasteiger partial charge is 0.319 e. The summed E-state index contributed by atoms with van der Waals surface area (Å²) < 4.78 is 14.5. The van der Waals surface area contributed by atoms with E-state index in [0.29, 0.717) is 29.6 Å². The number of likely N-dealkylation sites (tertiary alicyclic amines) is 1. The summed E-state index contributed by atoms with van der Waals surface area (Å²) in [5.74, 6) is -0.283. The number of hydrogen-bond acceptors (Lipinski definition) is 2. The molecule has 1 fully saturated rings. The first kappa shape index (κ1) is 13.3. The first-order valence-corrected chi connectivity index (χ1v) is 7.24. The van der Waals surface area contributed by atoms with Crippen molar-refractivity contribution in [2.24, 2.45) is 0 Å². The number of nitrogens with one attached hydrogen (secondary N) is 1. The maximum Gasteiger partial charge on any atom is 0.251 e. The third-order valence-electron chi connectivity index (χ3n) is 4.09. The van der Waals surface area contributed by atoms with E-state index in [2.05, 4.69) is 9.88 Å². The fourth-order valence-corrected chi connectivity index (χ4v) is 2.89. The zero-order valence-electron chi connectivity index (χ0n) is 11.7. The number of H-pyrrole nitrogens is 1. The van der Waals surface area contributed by atoms with E-state index >= 15 is 0 Å². The van der Waals surface area contributed by atoms with Gasteiger partial charge >= 0.3 is 0 Å². The minimum Gasteiger partial charge on any atom is -0.319 e. The standard InChI is InChI=1S/C16H19FN2O/c1-2-11-9-12-5-6-13(10-19-7-3-4-8-19)14(17)15(12)18-16(11)20/h5-6,9H,2-4,7-8,10H2,1H3,(H,18,20). The lowest BCUT2D eigenvalue weighted by Crippen LogP contribution is -2.19. The van der Waals surface area contributed by atoms with Crippen molar-refractivity contribution in [3.05, 3.63) is 45.5 Å². The Labute approximate surface area is 117 Å². The SMILES string of the molecule is CCc1cc2ccc(CN3CCCC3)c(F)c2[nH]c1=O. The van der Waals surface area contributed by atoms with Gasteiger partial charge in [0.15, 0.2) is 5.82 Å². The van der Waals surface area contributed by atoms with Gasteiger partial charge in [0.1, 0.15) is 0 Å². The van der Waals surface area contributed by atoms with Crippen molar-refractivity contribution < 1.29 is 4.39 Å². The van der Waals surface area contributed by atoms with Crippen LogP contribution in [0, 0.1) is 5.82 Å². The van der Waals surface area contributed by atoms with Crippen LogP contribution in [0.4, 0.5) is 4.39 Å². The Hall–Kier alpha value is -1.68. The normalized spacial score (nSPS) is 16.1. The van der Waals surface area contributed by atoms with Crippen LogP contribution in [0.5, 0.6) is 0 Å². The summed E-state index contributed by atoms with van der Waals surface area (Å²) >= 11 is 0. The predicted molar refractivity (Wildman–Crippen MR) is 78.4 cm³/mol. The lowest BCUT2D eigenvalue weighted by Gasteiger charge is -2.15. The van der Waals surface area contributed by atoms with Crippen molar-refractivity contribution in [2.75, 3.05) is 13.1 Å². The smallest absolute Gasteiger partial charge is 0.251 e. The van der Waals surface area contributed by atoms with Gasteiger partial charge in [-0.15, -0.1) is 0 Å². The van der Waals surface area contributed by atoms with Gasteiger partial charge in [-0.3, -0.25) is 9.69 Å². The maximum atomic E-state index is 14.5. The van der Waals surface area contributed by atoms with Crippen LogP contribution in [0.3, 0.4) is 0 Å². The number of nitrogens with zero attached hydrogens (tertiary/aromatic N) is 1. The third kappa shape index (κ3) is 2.36. The Morgan fingerprint density at radius 3 is 2.70 bits per heavy atom. The summed E-state index contributed by atoms with van der Waals surface area (Å²) in [6.45, 7) is 4.61. The van der Waals surface area contributed by atoms with Gasteiger partial charge in [0.2, 0.25) is 0 Å². The van der Waals surface area contributed by atoms with E-state index in [1.165, 1.54) is 12.8 Å². The van der Waals surface area contributed by atoms with Crippen LogP contribution < -0.4 is 5.56 Å². The number of rotatable bonds is 3. The topological polar surface area (TPSA) is 36.1 Å². The van der Waals surface area contributed by atoms with E-state index in [-0.39, 0.29) is 11.4 Å². The molecule has 2 heterocycles. The summed E-state index contributed by atoms with van der Waals surface area (Å²) in [5, 5.41) is 0.768. The van der Waals surface area contributed by atoms with Crippen LogP contribution in [0.25, 0.3) is 10.9 Å². The Morgan fingerprint density at radius 2 is 2.00 bits per heavy atom. The molecule has 0 amide bonds. The molecule has 0 bridgehead atoms. The van der Waals surface area contributed by atoms with E-state index in [4.69, 9.17) is 0 Å². The van der Waals surface area contributed by atoms with Gasteiger partial charge in [0, 0.05) is 23.1 Å². The van der Waals surface area contributed by atoms with Gasteiger partial charge in [-0.05, 0) is 38.4 Å². The van der Waals surface area contributed by atoms with Crippen molar-refractivity contribution >= 4 is 10.9 Å². The zero-order valence-corrected chi connectivity index (χ0v) is 11.7. The highest BCUT2D eigenvalue weighted by atomic mass is 19.1. The zero-order chi connectivity index (χ0) is 14.1. The molecule has 0 atom stereocenters. The number of aromatic amines is 1. The van der Waals surface area contributed by atoms with Crippen LogP contribution in [0.15, 0.2) is 23.0 Å². The van der Waals surface area contributed by atoms with E-state index in [1.54, 1.807) is 6.07 Å². The van der Waals surface area contributed by atoms with Gasteiger partial charge in [-0.25, -0.2) is 4.39 Å². The fraction of sp³-hybridized carbons (Fsp3) is 0.438. The fourth-order valence-electron chi connectivity index (χ4n) is 2.89. The molecule has 0 radical (unpaired) electrons. The summed E-state index contributed by atoms with van der Waals surface area (Å²) in [7, 11) is 0. The molecule has 0 saturated carbocycles. The van der Waals surface area contributed by atoms with Crippen LogP contribution in [0.1, 0.15) is 30.9 Å². The van der Waals surface area contributed by atoms with E-state index in [1.807, 2.05) is 19.1 Å². The Kier molecular flexibility index (Phi) is 3.57. The molecule has 1 aromatic heterocycles. The maximum absolute atomic E-state index is 14.5. The molecule has 1 N–H and O–H groups in total. The monoisotopic (exact) mass is 274 g/mol. The molecule has 3 nitrogen and oxygen atoms in total. The number of hydrogen-bond donors (Lipinski definition) is 1. The Balaban J connectivity index is 2.03. The second-order valence-electron chi connectivity index (χ2n) is 5.46. The number of halogens is 1. The summed E-state index contributed by atoms with van der Waals surface area (Å²) in [4.78, 5) is 16.8. The van der Waals surface area contributed by atoms with Gasteiger partial charge in [0.25, 0.3) is 5.56 Å². The second kappa shape index (κ2) is 5.37. The molecule has 1 aliphatic rings. The number of pyridine rings is 1. The highest BCUT2D eigenvalue weighted by Crippen LogP contribution is 2.21. The molecule has 0 aliphatic carbocycles. The van der Waals surface area contributed by atoms with Gasteiger partial charge < -0.3 is 4.98 Å². The van der Waals surface area contributed by atoms with Crippen LogP contribution in [-0.2, 0) is 13.0 Å². The summed E-state index contributed by atoms with van der Waals surface area (Å²) in [6, 6.07) is 5.53. The van der Waals surface area contributed by atoms with Crippen molar-refractivity contribution in [3.8, 4) is 0 Å². The van der Waals surface area contributed by atoms with Crippen LogP contribution in [-0.4, -0.2) is 23.0 Å². The number of aryl methyl sites for hydroxylation is 1. The van der Waals surface area contributed by atoms with Crippen LogP contribution in [0.2, 0.25) is 0 Å². The first-order chi connectivity index (χ1) is 9.69. The third-order valence-corrected chi connectivity index (χ3v) is 4.09. The van der Waals surface area contributed by atoms with Crippen molar-refractivity contribution in [3.63, 3.8) is 0 Å². The molecule has 3 rings (SSSR count). The van der Waals surface area contributed by atoms with Crippen molar-refractivity contribution in [1.29, 1.82) is 0 Å². The molecule has 2 aromatic rings. The Morgan fingerprint density at radius 1 is 1.25 bits per heavy atom. The molecule has 0 spiro atoms. The quantitative estimate of drug-likeness (QED) is 0.934.